The van der Waals surface area contributed by atoms with Crippen molar-refractivity contribution in [1.29, 1.82) is 0 Å². The molecular weight excluding hydrogens is 254 g/mol. The van der Waals surface area contributed by atoms with Gasteiger partial charge in [0.2, 0.25) is 0 Å². The molecule has 1 heterocycles. The van der Waals surface area contributed by atoms with Gasteiger partial charge in [0.25, 0.3) is 5.91 Å². The lowest BCUT2D eigenvalue weighted by atomic mass is 10.0. The second kappa shape index (κ2) is 7.24. The van der Waals surface area contributed by atoms with Gasteiger partial charge in [-0.1, -0.05) is 6.92 Å². The Morgan fingerprint density at radius 2 is 2.20 bits per heavy atom. The Labute approximate surface area is 120 Å². The molecule has 1 aromatic heterocycles. The second-order valence-electron chi connectivity index (χ2n) is 5.51. The van der Waals surface area contributed by atoms with E-state index in [2.05, 4.69) is 10.3 Å². The van der Waals surface area contributed by atoms with Crippen molar-refractivity contribution in [1.82, 2.24) is 10.3 Å². The van der Waals surface area contributed by atoms with Crippen LogP contribution in [0.5, 0.6) is 5.75 Å². The highest BCUT2D eigenvalue weighted by molar-refractivity contribution is 5.81. The van der Waals surface area contributed by atoms with E-state index >= 15 is 0 Å². The quantitative estimate of drug-likeness (QED) is 0.795. The molecule has 0 radical (unpaired) electrons. The largest absolute Gasteiger partial charge is 0.479 e. The summed E-state index contributed by atoms with van der Waals surface area (Å²) in [4.78, 5) is 16.3. The van der Waals surface area contributed by atoms with E-state index in [0.717, 1.165) is 18.5 Å². The molecule has 0 saturated carbocycles. The minimum absolute atomic E-state index is 0.122. The van der Waals surface area contributed by atoms with Gasteiger partial charge in [0.05, 0.1) is 6.20 Å². The lowest BCUT2D eigenvalue weighted by molar-refractivity contribution is -0.128. The topological polar surface area (TPSA) is 77.2 Å². The van der Waals surface area contributed by atoms with Crippen LogP contribution in [0.4, 0.5) is 0 Å². The molecule has 0 aliphatic carbocycles. The van der Waals surface area contributed by atoms with Crippen LogP contribution >= 0.6 is 0 Å². The Hall–Kier alpha value is -1.62. The first-order valence-corrected chi connectivity index (χ1v) is 7.01. The fraction of sp³-hybridized carbons (Fsp3) is 0.600. The summed E-state index contributed by atoms with van der Waals surface area (Å²) in [7, 11) is 0. The van der Waals surface area contributed by atoms with E-state index in [1.807, 2.05) is 32.9 Å². The molecule has 5 heteroatoms. The fourth-order valence-electron chi connectivity index (χ4n) is 1.56. The first kappa shape index (κ1) is 16.4. The number of rotatable bonds is 7. The number of pyridine rings is 1. The molecule has 0 aliphatic heterocycles. The van der Waals surface area contributed by atoms with E-state index in [9.17, 15) is 4.79 Å². The summed E-state index contributed by atoms with van der Waals surface area (Å²) in [6.45, 7) is 8.31. The van der Waals surface area contributed by atoms with Crippen molar-refractivity contribution in [3.05, 3.63) is 24.0 Å². The molecule has 0 spiro atoms. The number of carbonyl (C=O) groups excluding carboxylic acids is 1. The van der Waals surface area contributed by atoms with E-state index in [4.69, 9.17) is 10.5 Å². The van der Waals surface area contributed by atoms with Gasteiger partial charge in [0, 0.05) is 17.7 Å². The van der Waals surface area contributed by atoms with Crippen molar-refractivity contribution in [3.8, 4) is 5.75 Å². The van der Waals surface area contributed by atoms with Crippen molar-refractivity contribution in [2.75, 3.05) is 6.54 Å². The first-order chi connectivity index (χ1) is 9.38. The predicted molar refractivity (Wildman–Crippen MR) is 79.6 cm³/mol. The standard InChI is InChI=1S/C15H25N3O2/c1-5-15(3,4)18-14(19)11(2)20-13-7-6-12(8-9-16)17-10-13/h6-7,10-11H,5,8-9,16H2,1-4H3,(H,18,19). The highest BCUT2D eigenvalue weighted by atomic mass is 16.5. The van der Waals surface area contributed by atoms with E-state index in [0.29, 0.717) is 12.3 Å². The summed E-state index contributed by atoms with van der Waals surface area (Å²) in [6.07, 6.45) is 2.67. The summed E-state index contributed by atoms with van der Waals surface area (Å²) < 4.78 is 5.59. The molecule has 5 nitrogen and oxygen atoms in total. The number of hydrogen-bond acceptors (Lipinski definition) is 4. The summed E-state index contributed by atoms with van der Waals surface area (Å²) >= 11 is 0. The third-order valence-corrected chi connectivity index (χ3v) is 3.23. The van der Waals surface area contributed by atoms with Crippen LogP contribution in [0.25, 0.3) is 0 Å². The summed E-state index contributed by atoms with van der Waals surface area (Å²) in [5, 5.41) is 2.96. The van der Waals surface area contributed by atoms with E-state index in [1.54, 1.807) is 13.1 Å². The van der Waals surface area contributed by atoms with Gasteiger partial charge in [-0.25, -0.2) is 0 Å². The van der Waals surface area contributed by atoms with Gasteiger partial charge < -0.3 is 15.8 Å². The number of ether oxygens (including phenoxy) is 1. The number of nitrogens with zero attached hydrogens (tertiary/aromatic N) is 1. The smallest absolute Gasteiger partial charge is 0.261 e. The maximum Gasteiger partial charge on any atom is 0.261 e. The monoisotopic (exact) mass is 279 g/mol. The van der Waals surface area contributed by atoms with Crippen molar-refractivity contribution in [2.45, 2.75) is 52.2 Å². The molecule has 0 fully saturated rings. The van der Waals surface area contributed by atoms with E-state index in [1.165, 1.54) is 0 Å². The SMILES string of the molecule is CCC(C)(C)NC(=O)C(C)Oc1ccc(CCN)nc1. The number of amides is 1. The molecule has 0 aliphatic rings. The number of nitrogens with one attached hydrogen (secondary N) is 1. The molecule has 1 unspecified atom stereocenters. The Morgan fingerprint density at radius 3 is 2.70 bits per heavy atom. The van der Waals surface area contributed by atoms with Crippen LogP contribution in [0.3, 0.4) is 0 Å². The molecule has 112 valence electrons. The molecule has 20 heavy (non-hydrogen) atoms. The van der Waals surface area contributed by atoms with Crippen LogP contribution in [0.1, 0.15) is 39.8 Å². The highest BCUT2D eigenvalue weighted by Crippen LogP contribution is 2.13. The highest BCUT2D eigenvalue weighted by Gasteiger charge is 2.22. The Morgan fingerprint density at radius 1 is 1.50 bits per heavy atom. The Balaban J connectivity index is 2.57. The minimum atomic E-state index is -0.553. The molecule has 1 rings (SSSR count). The van der Waals surface area contributed by atoms with Crippen LogP contribution in [-0.4, -0.2) is 29.1 Å². The zero-order chi connectivity index (χ0) is 15.2. The van der Waals surface area contributed by atoms with E-state index in [-0.39, 0.29) is 11.4 Å². The van der Waals surface area contributed by atoms with Gasteiger partial charge in [-0.05, 0) is 45.9 Å². The van der Waals surface area contributed by atoms with Gasteiger partial charge in [-0.15, -0.1) is 0 Å². The van der Waals surface area contributed by atoms with Crippen molar-refractivity contribution >= 4 is 5.91 Å². The predicted octanol–water partition coefficient (Wildman–Crippen LogP) is 1.65. The maximum atomic E-state index is 12.0. The van der Waals surface area contributed by atoms with Gasteiger partial charge in [-0.3, -0.25) is 9.78 Å². The average Bonchev–Trinajstić information content (AvgIpc) is 2.41. The van der Waals surface area contributed by atoms with Crippen molar-refractivity contribution < 1.29 is 9.53 Å². The van der Waals surface area contributed by atoms with E-state index < -0.39 is 6.10 Å². The van der Waals surface area contributed by atoms with Crippen LogP contribution in [0, 0.1) is 0 Å². The lowest BCUT2D eigenvalue weighted by Crippen LogP contribution is -2.48. The van der Waals surface area contributed by atoms with Gasteiger partial charge in [0.1, 0.15) is 5.75 Å². The maximum absolute atomic E-state index is 12.0. The van der Waals surface area contributed by atoms with Crippen LogP contribution in [-0.2, 0) is 11.2 Å². The normalized spacial score (nSPS) is 12.8. The zero-order valence-electron chi connectivity index (χ0n) is 12.8. The number of hydrogen-bond donors (Lipinski definition) is 2. The minimum Gasteiger partial charge on any atom is -0.479 e. The first-order valence-electron chi connectivity index (χ1n) is 7.01. The molecule has 0 aromatic carbocycles. The molecule has 1 atom stereocenters. The van der Waals surface area contributed by atoms with Crippen LogP contribution in [0.15, 0.2) is 18.3 Å². The molecule has 1 aromatic rings. The third kappa shape index (κ3) is 5.17. The fourth-order valence-corrected chi connectivity index (χ4v) is 1.56. The van der Waals surface area contributed by atoms with Gasteiger partial charge in [-0.2, -0.15) is 0 Å². The molecule has 1 amide bonds. The summed E-state index contributed by atoms with van der Waals surface area (Å²) in [5.41, 5.74) is 6.16. The molecule has 0 bridgehead atoms. The molecule has 0 saturated heterocycles. The second-order valence-corrected chi connectivity index (χ2v) is 5.51. The van der Waals surface area contributed by atoms with Crippen molar-refractivity contribution in [3.63, 3.8) is 0 Å². The van der Waals surface area contributed by atoms with Crippen LogP contribution in [0.2, 0.25) is 0 Å². The van der Waals surface area contributed by atoms with Gasteiger partial charge in [0.15, 0.2) is 6.10 Å². The summed E-state index contributed by atoms with van der Waals surface area (Å²) in [6, 6.07) is 3.68. The van der Waals surface area contributed by atoms with Crippen LogP contribution < -0.4 is 15.8 Å². The Bertz CT molecular complexity index is 429. The molecule has 3 N–H and O–H groups in total. The van der Waals surface area contributed by atoms with Crippen molar-refractivity contribution in [2.24, 2.45) is 5.73 Å². The lowest BCUT2D eigenvalue weighted by Gasteiger charge is -2.26. The summed E-state index contributed by atoms with van der Waals surface area (Å²) in [5.74, 6) is 0.464. The third-order valence-electron chi connectivity index (χ3n) is 3.23. The molecular formula is C15H25N3O2. The number of nitrogens with two attached hydrogens (primary N) is 1. The zero-order valence-corrected chi connectivity index (χ0v) is 12.8. The Kier molecular flexibility index (Phi) is 5.95. The average molecular weight is 279 g/mol. The number of aromatic nitrogens is 1. The van der Waals surface area contributed by atoms with Gasteiger partial charge >= 0.3 is 0 Å². The number of carbonyl (C=O) groups is 1.